The van der Waals surface area contributed by atoms with Gasteiger partial charge < -0.3 is 15.2 Å². The molecule has 1 aliphatic heterocycles. The number of carboxylic acid groups (broad SMARTS) is 1. The molecule has 3 rings (SSSR count). The molecule has 1 aliphatic rings. The van der Waals surface area contributed by atoms with E-state index in [1.165, 1.54) is 16.7 Å². The second-order valence-corrected chi connectivity index (χ2v) is 8.82. The molecule has 1 unspecified atom stereocenters. The van der Waals surface area contributed by atoms with Crippen LogP contribution >= 0.6 is 11.8 Å². The molecule has 1 fully saturated rings. The lowest BCUT2D eigenvalue weighted by Gasteiger charge is -2.16. The standard InChI is InChI=1S/C24H26N2O6S/c1-2-3-14-32-18-8-6-17(7-9-18)26-22(28)15-20(24(26)31)33-19-10-4-16(5-11-19)25-21(27)12-13-23(29)30/h4-11,20H,2-3,12-15H2,1H3,(H,25,27)(H,29,30). The molecule has 0 spiro atoms. The van der Waals surface area contributed by atoms with Crippen LogP contribution in [0.4, 0.5) is 11.4 Å². The van der Waals surface area contributed by atoms with Gasteiger partial charge in [-0.1, -0.05) is 13.3 Å². The summed E-state index contributed by atoms with van der Waals surface area (Å²) in [6.07, 6.45) is 1.76. The molecule has 3 amide bonds. The number of rotatable bonds is 11. The summed E-state index contributed by atoms with van der Waals surface area (Å²) >= 11 is 1.29. The maximum atomic E-state index is 12.9. The summed E-state index contributed by atoms with van der Waals surface area (Å²) in [6.45, 7) is 2.71. The minimum Gasteiger partial charge on any atom is -0.494 e. The SMILES string of the molecule is CCCCOc1ccc(N2C(=O)CC(Sc3ccc(NC(=O)CCC(=O)O)cc3)C2=O)cc1. The average Bonchev–Trinajstić information content (AvgIpc) is 3.07. The van der Waals surface area contributed by atoms with Gasteiger partial charge in [0.2, 0.25) is 17.7 Å². The number of carbonyl (C=O) groups excluding carboxylic acids is 3. The van der Waals surface area contributed by atoms with Crippen molar-refractivity contribution in [1.29, 1.82) is 0 Å². The van der Waals surface area contributed by atoms with E-state index in [0.717, 1.165) is 17.7 Å². The van der Waals surface area contributed by atoms with Gasteiger partial charge in [0.15, 0.2) is 0 Å². The number of carbonyl (C=O) groups is 4. The Hall–Kier alpha value is -3.33. The van der Waals surface area contributed by atoms with Gasteiger partial charge in [-0.25, -0.2) is 4.90 Å². The molecule has 0 saturated carbocycles. The quantitative estimate of drug-likeness (QED) is 0.376. The van der Waals surface area contributed by atoms with Crippen LogP contribution in [0.3, 0.4) is 0 Å². The number of unbranched alkanes of at least 4 members (excludes halogenated alkanes) is 1. The molecule has 2 aromatic rings. The molecule has 1 heterocycles. The Labute approximate surface area is 196 Å². The maximum Gasteiger partial charge on any atom is 0.303 e. The first-order valence-electron chi connectivity index (χ1n) is 10.8. The van der Waals surface area contributed by atoms with Gasteiger partial charge in [-0.3, -0.25) is 19.2 Å². The summed E-state index contributed by atoms with van der Waals surface area (Å²) in [4.78, 5) is 49.7. The van der Waals surface area contributed by atoms with Crippen molar-refractivity contribution < 1.29 is 29.0 Å². The molecule has 1 saturated heterocycles. The third-order valence-corrected chi connectivity index (χ3v) is 6.15. The second-order valence-electron chi connectivity index (χ2n) is 7.54. The number of imide groups is 1. The van der Waals surface area contributed by atoms with E-state index in [2.05, 4.69) is 12.2 Å². The fraction of sp³-hybridized carbons (Fsp3) is 0.333. The summed E-state index contributed by atoms with van der Waals surface area (Å²) in [5, 5.41) is 10.7. The predicted octanol–water partition coefficient (Wildman–Crippen LogP) is 4.09. The number of anilines is 2. The van der Waals surface area contributed by atoms with Crippen molar-refractivity contribution >= 4 is 46.8 Å². The smallest absolute Gasteiger partial charge is 0.303 e. The van der Waals surface area contributed by atoms with E-state index in [4.69, 9.17) is 9.84 Å². The molecule has 0 bridgehead atoms. The van der Waals surface area contributed by atoms with Crippen molar-refractivity contribution in [2.75, 3.05) is 16.8 Å². The van der Waals surface area contributed by atoms with Crippen molar-refractivity contribution in [3.05, 3.63) is 48.5 Å². The van der Waals surface area contributed by atoms with Crippen LogP contribution in [-0.4, -0.2) is 40.7 Å². The molecule has 1 atom stereocenters. The van der Waals surface area contributed by atoms with E-state index in [1.54, 1.807) is 48.5 Å². The molecule has 0 aliphatic carbocycles. The molecule has 2 aromatic carbocycles. The molecular weight excluding hydrogens is 444 g/mol. The van der Waals surface area contributed by atoms with E-state index in [0.29, 0.717) is 23.7 Å². The lowest BCUT2D eigenvalue weighted by atomic mass is 10.2. The monoisotopic (exact) mass is 470 g/mol. The van der Waals surface area contributed by atoms with Crippen molar-refractivity contribution in [3.8, 4) is 5.75 Å². The lowest BCUT2D eigenvalue weighted by molar-refractivity contribution is -0.138. The number of carboxylic acids is 1. The number of amides is 3. The van der Waals surface area contributed by atoms with E-state index < -0.39 is 11.2 Å². The Morgan fingerprint density at radius 1 is 1.09 bits per heavy atom. The molecule has 174 valence electrons. The second kappa shape index (κ2) is 11.5. The first-order valence-corrected chi connectivity index (χ1v) is 11.6. The van der Waals surface area contributed by atoms with Gasteiger partial charge in [0.25, 0.3) is 0 Å². The van der Waals surface area contributed by atoms with Crippen LogP contribution in [-0.2, 0) is 19.2 Å². The Morgan fingerprint density at radius 2 is 1.79 bits per heavy atom. The average molecular weight is 471 g/mol. The first-order chi connectivity index (χ1) is 15.9. The Balaban J connectivity index is 1.57. The summed E-state index contributed by atoms with van der Waals surface area (Å²) in [5.41, 5.74) is 1.06. The van der Waals surface area contributed by atoms with Gasteiger partial charge in [0.05, 0.1) is 24.0 Å². The molecule has 2 N–H and O–H groups in total. The van der Waals surface area contributed by atoms with Gasteiger partial charge in [0, 0.05) is 23.4 Å². The van der Waals surface area contributed by atoms with Crippen LogP contribution in [0.1, 0.15) is 39.0 Å². The topological polar surface area (TPSA) is 113 Å². The number of nitrogens with zero attached hydrogens (tertiary/aromatic N) is 1. The van der Waals surface area contributed by atoms with Crippen LogP contribution in [0, 0.1) is 0 Å². The highest BCUT2D eigenvalue weighted by molar-refractivity contribution is 8.00. The number of ether oxygens (including phenoxy) is 1. The van der Waals surface area contributed by atoms with Crippen molar-refractivity contribution in [2.24, 2.45) is 0 Å². The van der Waals surface area contributed by atoms with Crippen LogP contribution in [0.5, 0.6) is 5.75 Å². The number of thioether (sulfide) groups is 1. The van der Waals surface area contributed by atoms with Crippen LogP contribution in [0.25, 0.3) is 0 Å². The van der Waals surface area contributed by atoms with E-state index in [1.807, 2.05) is 0 Å². The Kier molecular flexibility index (Phi) is 8.48. The number of aliphatic carboxylic acids is 1. The number of hydrogen-bond acceptors (Lipinski definition) is 6. The van der Waals surface area contributed by atoms with Crippen LogP contribution in [0.15, 0.2) is 53.4 Å². The normalized spacial score (nSPS) is 15.5. The molecular formula is C24H26N2O6S. The Morgan fingerprint density at radius 3 is 2.42 bits per heavy atom. The van der Waals surface area contributed by atoms with Gasteiger partial charge in [-0.05, 0) is 55.0 Å². The summed E-state index contributed by atoms with van der Waals surface area (Å²) in [6, 6.07) is 13.8. The fourth-order valence-corrected chi connectivity index (χ4v) is 4.27. The highest BCUT2D eigenvalue weighted by atomic mass is 32.2. The molecule has 9 heteroatoms. The minimum atomic E-state index is -1.03. The van der Waals surface area contributed by atoms with Gasteiger partial charge in [0.1, 0.15) is 5.75 Å². The molecule has 0 radical (unpaired) electrons. The number of benzene rings is 2. The van der Waals surface area contributed by atoms with Gasteiger partial charge in [-0.15, -0.1) is 11.8 Å². The largest absolute Gasteiger partial charge is 0.494 e. The molecule has 33 heavy (non-hydrogen) atoms. The van der Waals surface area contributed by atoms with Gasteiger partial charge in [-0.2, -0.15) is 0 Å². The summed E-state index contributed by atoms with van der Waals surface area (Å²) in [7, 11) is 0. The minimum absolute atomic E-state index is 0.103. The molecule has 8 nitrogen and oxygen atoms in total. The number of nitrogens with one attached hydrogen (secondary N) is 1. The van der Waals surface area contributed by atoms with E-state index in [-0.39, 0.29) is 37.0 Å². The van der Waals surface area contributed by atoms with E-state index >= 15 is 0 Å². The number of hydrogen-bond donors (Lipinski definition) is 2. The zero-order valence-corrected chi connectivity index (χ0v) is 19.1. The highest BCUT2D eigenvalue weighted by Gasteiger charge is 2.40. The summed E-state index contributed by atoms with van der Waals surface area (Å²) in [5.74, 6) is -1.23. The first kappa shape index (κ1) is 24.3. The zero-order chi connectivity index (χ0) is 23.8. The zero-order valence-electron chi connectivity index (χ0n) is 18.3. The third kappa shape index (κ3) is 6.82. The highest BCUT2D eigenvalue weighted by Crippen LogP contribution is 2.34. The summed E-state index contributed by atoms with van der Waals surface area (Å²) < 4.78 is 5.63. The third-order valence-electron chi connectivity index (χ3n) is 4.95. The lowest BCUT2D eigenvalue weighted by Crippen LogP contribution is -2.31. The van der Waals surface area contributed by atoms with Gasteiger partial charge >= 0.3 is 5.97 Å². The maximum absolute atomic E-state index is 12.9. The van der Waals surface area contributed by atoms with Crippen molar-refractivity contribution in [2.45, 2.75) is 49.2 Å². The van der Waals surface area contributed by atoms with Crippen LogP contribution in [0.2, 0.25) is 0 Å². The molecule has 0 aromatic heterocycles. The predicted molar refractivity (Wildman–Crippen MR) is 126 cm³/mol. The van der Waals surface area contributed by atoms with E-state index in [9.17, 15) is 19.2 Å². The fourth-order valence-electron chi connectivity index (χ4n) is 3.22. The van der Waals surface area contributed by atoms with Crippen molar-refractivity contribution in [1.82, 2.24) is 0 Å². The van der Waals surface area contributed by atoms with Crippen LogP contribution < -0.4 is 15.0 Å². The van der Waals surface area contributed by atoms with Crippen molar-refractivity contribution in [3.63, 3.8) is 0 Å². The Bertz CT molecular complexity index is 1010.